The number of rotatable bonds is 5. The zero-order chi connectivity index (χ0) is 8.81. The standard InChI is InChI=1S/C8H14FN3/c1-2-4-8-7-10-11-12(8)6-3-5-9/h7H,2-6H2,1H3. The number of hydrogen-bond acceptors (Lipinski definition) is 2. The van der Waals surface area contributed by atoms with Crippen molar-refractivity contribution in [2.45, 2.75) is 32.7 Å². The Hall–Kier alpha value is -0.930. The Morgan fingerprint density at radius 1 is 1.58 bits per heavy atom. The molecule has 0 saturated carbocycles. The van der Waals surface area contributed by atoms with Gasteiger partial charge >= 0.3 is 0 Å². The molecule has 0 amide bonds. The molecule has 0 aromatic carbocycles. The third-order valence-corrected chi connectivity index (χ3v) is 1.71. The maximum Gasteiger partial charge on any atom is 0.0912 e. The second kappa shape index (κ2) is 4.85. The second-order valence-electron chi connectivity index (χ2n) is 2.74. The molecule has 12 heavy (non-hydrogen) atoms. The molecule has 0 bridgehead atoms. The van der Waals surface area contributed by atoms with E-state index in [1.807, 2.05) is 0 Å². The minimum Gasteiger partial charge on any atom is -0.251 e. The summed E-state index contributed by atoms with van der Waals surface area (Å²) in [5, 5.41) is 7.66. The SMILES string of the molecule is CCCc1cnnn1CCCF. The molecule has 0 spiro atoms. The molecule has 1 aromatic heterocycles. The smallest absolute Gasteiger partial charge is 0.0912 e. The largest absolute Gasteiger partial charge is 0.251 e. The predicted molar refractivity (Wildman–Crippen MR) is 44.6 cm³/mol. The molecule has 0 aliphatic rings. The fourth-order valence-electron chi connectivity index (χ4n) is 1.13. The second-order valence-corrected chi connectivity index (χ2v) is 2.74. The zero-order valence-electron chi connectivity index (χ0n) is 7.33. The van der Waals surface area contributed by atoms with Gasteiger partial charge in [0.1, 0.15) is 0 Å². The van der Waals surface area contributed by atoms with Crippen molar-refractivity contribution < 1.29 is 4.39 Å². The van der Waals surface area contributed by atoms with Gasteiger partial charge in [-0.1, -0.05) is 18.6 Å². The maximum atomic E-state index is 11.8. The molecule has 4 heteroatoms. The molecule has 0 N–H and O–H groups in total. The van der Waals surface area contributed by atoms with E-state index in [4.69, 9.17) is 0 Å². The van der Waals surface area contributed by atoms with Gasteiger partial charge in [0.2, 0.25) is 0 Å². The van der Waals surface area contributed by atoms with E-state index in [1.54, 1.807) is 10.9 Å². The van der Waals surface area contributed by atoms with Crippen molar-refractivity contribution in [3.8, 4) is 0 Å². The number of aryl methyl sites for hydroxylation is 2. The molecule has 0 radical (unpaired) electrons. The average molecular weight is 171 g/mol. The van der Waals surface area contributed by atoms with Crippen LogP contribution in [0.1, 0.15) is 25.5 Å². The summed E-state index contributed by atoms with van der Waals surface area (Å²) in [5.74, 6) is 0. The molecule has 68 valence electrons. The Labute approximate surface area is 71.6 Å². The summed E-state index contributed by atoms with van der Waals surface area (Å²) in [5.41, 5.74) is 1.10. The zero-order valence-corrected chi connectivity index (χ0v) is 7.33. The van der Waals surface area contributed by atoms with Gasteiger partial charge in [0.15, 0.2) is 0 Å². The minimum atomic E-state index is -0.286. The van der Waals surface area contributed by atoms with Crippen LogP contribution in [-0.2, 0) is 13.0 Å². The van der Waals surface area contributed by atoms with Gasteiger partial charge in [-0.05, 0) is 12.8 Å². The summed E-state index contributed by atoms with van der Waals surface area (Å²) in [7, 11) is 0. The van der Waals surface area contributed by atoms with Gasteiger partial charge < -0.3 is 0 Å². The molecular weight excluding hydrogens is 157 g/mol. The Bertz CT molecular complexity index is 222. The Balaban J connectivity index is 2.51. The molecule has 1 heterocycles. The Morgan fingerprint density at radius 2 is 2.42 bits per heavy atom. The highest BCUT2D eigenvalue weighted by Gasteiger charge is 2.01. The summed E-state index contributed by atoms with van der Waals surface area (Å²) in [4.78, 5) is 0. The number of hydrogen-bond donors (Lipinski definition) is 0. The van der Waals surface area contributed by atoms with Crippen LogP contribution in [0.15, 0.2) is 6.20 Å². The van der Waals surface area contributed by atoms with E-state index in [-0.39, 0.29) is 6.67 Å². The van der Waals surface area contributed by atoms with Gasteiger partial charge in [0, 0.05) is 6.54 Å². The highest BCUT2D eigenvalue weighted by Crippen LogP contribution is 2.01. The van der Waals surface area contributed by atoms with Crippen molar-refractivity contribution >= 4 is 0 Å². The number of nitrogens with zero attached hydrogens (tertiary/aromatic N) is 3. The van der Waals surface area contributed by atoms with Crippen molar-refractivity contribution in [1.29, 1.82) is 0 Å². The van der Waals surface area contributed by atoms with Gasteiger partial charge in [0.05, 0.1) is 18.6 Å². The Morgan fingerprint density at radius 3 is 3.08 bits per heavy atom. The third kappa shape index (κ3) is 2.29. The van der Waals surface area contributed by atoms with Crippen molar-refractivity contribution in [2.75, 3.05) is 6.67 Å². The van der Waals surface area contributed by atoms with Crippen LogP contribution < -0.4 is 0 Å². The summed E-state index contributed by atoms with van der Waals surface area (Å²) in [6.45, 7) is 2.46. The number of halogens is 1. The number of aromatic nitrogens is 3. The van der Waals surface area contributed by atoms with E-state index in [0.717, 1.165) is 18.5 Å². The van der Waals surface area contributed by atoms with Crippen molar-refractivity contribution in [1.82, 2.24) is 15.0 Å². The monoisotopic (exact) mass is 171 g/mol. The first-order valence-electron chi connectivity index (χ1n) is 4.31. The van der Waals surface area contributed by atoms with Crippen LogP contribution in [0.2, 0.25) is 0 Å². The lowest BCUT2D eigenvalue weighted by atomic mass is 10.2. The van der Waals surface area contributed by atoms with Gasteiger partial charge in [-0.3, -0.25) is 4.39 Å². The highest BCUT2D eigenvalue weighted by molar-refractivity contribution is 4.93. The van der Waals surface area contributed by atoms with Crippen LogP contribution in [0.3, 0.4) is 0 Å². The fourth-order valence-corrected chi connectivity index (χ4v) is 1.13. The summed E-state index contributed by atoms with van der Waals surface area (Å²) < 4.78 is 13.6. The van der Waals surface area contributed by atoms with Crippen LogP contribution in [0.4, 0.5) is 4.39 Å². The first-order chi connectivity index (χ1) is 5.88. The van der Waals surface area contributed by atoms with Crippen molar-refractivity contribution in [3.05, 3.63) is 11.9 Å². The molecular formula is C8H14FN3. The van der Waals surface area contributed by atoms with Crippen LogP contribution in [-0.4, -0.2) is 21.7 Å². The maximum absolute atomic E-state index is 11.8. The first-order valence-corrected chi connectivity index (χ1v) is 4.31. The van der Waals surface area contributed by atoms with Gasteiger partial charge in [-0.25, -0.2) is 4.68 Å². The minimum absolute atomic E-state index is 0.286. The van der Waals surface area contributed by atoms with E-state index in [2.05, 4.69) is 17.2 Å². The van der Waals surface area contributed by atoms with Crippen molar-refractivity contribution in [2.24, 2.45) is 0 Å². The normalized spacial score (nSPS) is 10.5. The molecule has 0 saturated heterocycles. The van der Waals surface area contributed by atoms with Crippen LogP contribution >= 0.6 is 0 Å². The lowest BCUT2D eigenvalue weighted by Gasteiger charge is -2.02. The molecule has 0 fully saturated rings. The molecule has 0 atom stereocenters. The fraction of sp³-hybridized carbons (Fsp3) is 0.750. The summed E-state index contributed by atoms with van der Waals surface area (Å²) in [6, 6.07) is 0. The third-order valence-electron chi connectivity index (χ3n) is 1.71. The molecule has 1 rings (SSSR count). The topological polar surface area (TPSA) is 30.7 Å². The van der Waals surface area contributed by atoms with E-state index in [1.165, 1.54) is 0 Å². The predicted octanol–water partition coefficient (Wildman–Crippen LogP) is 1.59. The van der Waals surface area contributed by atoms with E-state index in [0.29, 0.717) is 13.0 Å². The summed E-state index contributed by atoms with van der Waals surface area (Å²) >= 11 is 0. The lowest BCUT2D eigenvalue weighted by Crippen LogP contribution is -2.05. The van der Waals surface area contributed by atoms with Crippen molar-refractivity contribution in [3.63, 3.8) is 0 Å². The quantitative estimate of drug-likeness (QED) is 0.673. The molecule has 3 nitrogen and oxygen atoms in total. The number of alkyl halides is 1. The van der Waals surface area contributed by atoms with E-state index >= 15 is 0 Å². The first kappa shape index (κ1) is 9.16. The molecule has 0 unspecified atom stereocenters. The molecule has 0 aliphatic heterocycles. The molecule has 1 aromatic rings. The lowest BCUT2D eigenvalue weighted by molar-refractivity contribution is 0.425. The Kier molecular flexibility index (Phi) is 3.70. The van der Waals surface area contributed by atoms with E-state index in [9.17, 15) is 4.39 Å². The molecule has 0 aliphatic carbocycles. The van der Waals surface area contributed by atoms with Gasteiger partial charge in [-0.15, -0.1) is 5.10 Å². The highest BCUT2D eigenvalue weighted by atomic mass is 19.1. The van der Waals surface area contributed by atoms with Crippen LogP contribution in [0.25, 0.3) is 0 Å². The summed E-state index contributed by atoms with van der Waals surface area (Å²) in [6.07, 6.45) is 4.32. The van der Waals surface area contributed by atoms with Gasteiger partial charge in [0.25, 0.3) is 0 Å². The van der Waals surface area contributed by atoms with Crippen LogP contribution in [0, 0.1) is 0 Å². The van der Waals surface area contributed by atoms with Gasteiger partial charge in [-0.2, -0.15) is 0 Å². The van der Waals surface area contributed by atoms with E-state index < -0.39 is 0 Å². The average Bonchev–Trinajstić information content (AvgIpc) is 2.50. The van der Waals surface area contributed by atoms with Crippen LogP contribution in [0.5, 0.6) is 0 Å².